The Morgan fingerprint density at radius 1 is 1.37 bits per heavy atom. The van der Waals surface area contributed by atoms with Gasteiger partial charge in [-0.15, -0.1) is 0 Å². The van der Waals surface area contributed by atoms with Gasteiger partial charge in [-0.05, 0) is 40.7 Å². The number of amides is 1. The van der Waals surface area contributed by atoms with Crippen LogP contribution in [0.1, 0.15) is 38.8 Å². The van der Waals surface area contributed by atoms with Crippen molar-refractivity contribution < 1.29 is 9.90 Å². The minimum absolute atomic E-state index is 0.0420. The van der Waals surface area contributed by atoms with Crippen LogP contribution >= 0.6 is 0 Å². The van der Waals surface area contributed by atoms with Crippen LogP contribution in [0.2, 0.25) is 0 Å². The molecule has 1 rings (SSSR count). The molecule has 0 spiro atoms. The summed E-state index contributed by atoms with van der Waals surface area (Å²) in [5.41, 5.74) is 1.65. The van der Waals surface area contributed by atoms with Gasteiger partial charge in [-0.25, -0.2) is 0 Å². The van der Waals surface area contributed by atoms with E-state index in [0.717, 1.165) is 11.1 Å². The van der Waals surface area contributed by atoms with Crippen LogP contribution in [0.15, 0.2) is 18.2 Å². The molecule has 0 aliphatic heterocycles. The van der Waals surface area contributed by atoms with E-state index in [1.165, 1.54) is 0 Å². The molecular weight excluding hydrogens is 240 g/mol. The van der Waals surface area contributed by atoms with Crippen molar-refractivity contribution in [3.63, 3.8) is 0 Å². The lowest BCUT2D eigenvalue weighted by molar-refractivity contribution is -0.124. The van der Waals surface area contributed by atoms with Crippen molar-refractivity contribution in [1.82, 2.24) is 10.6 Å². The van der Waals surface area contributed by atoms with Crippen LogP contribution in [0.4, 0.5) is 0 Å². The molecule has 0 saturated heterocycles. The van der Waals surface area contributed by atoms with Gasteiger partial charge in [0, 0.05) is 17.6 Å². The highest BCUT2D eigenvalue weighted by molar-refractivity contribution is 5.81. The molecule has 0 aliphatic rings. The number of hydrogen-bond acceptors (Lipinski definition) is 3. The third kappa shape index (κ3) is 5.30. The molecule has 3 N–H and O–H groups in total. The first kappa shape index (κ1) is 15.5. The highest BCUT2D eigenvalue weighted by Gasteiger charge is 2.18. The number of rotatable bonds is 4. The molecule has 1 aromatic carbocycles. The Kier molecular flexibility index (Phi) is 4.95. The summed E-state index contributed by atoms with van der Waals surface area (Å²) < 4.78 is 0. The van der Waals surface area contributed by atoms with Gasteiger partial charge in [0.05, 0.1) is 6.04 Å². The van der Waals surface area contributed by atoms with Crippen molar-refractivity contribution in [2.75, 3.05) is 0 Å². The quantitative estimate of drug-likeness (QED) is 0.780. The summed E-state index contributed by atoms with van der Waals surface area (Å²) in [5, 5.41) is 15.8. The summed E-state index contributed by atoms with van der Waals surface area (Å²) >= 11 is 0. The van der Waals surface area contributed by atoms with Crippen LogP contribution in [0, 0.1) is 6.92 Å². The number of nitrogens with one attached hydrogen (secondary N) is 2. The van der Waals surface area contributed by atoms with Gasteiger partial charge in [-0.3, -0.25) is 4.79 Å². The van der Waals surface area contributed by atoms with Crippen LogP contribution in [0.5, 0.6) is 5.75 Å². The second-order valence-corrected chi connectivity index (χ2v) is 5.97. The molecule has 0 bridgehead atoms. The van der Waals surface area contributed by atoms with E-state index < -0.39 is 0 Å². The standard InChI is InChI=1S/C15H24N2O2/c1-10-6-7-13(18)12(8-10)9-16-11(2)14(19)17-15(3,4)5/h6-8,11,16,18H,9H2,1-5H3,(H,17,19). The third-order valence-electron chi connectivity index (χ3n) is 2.73. The number of phenolic OH excluding ortho intramolecular Hbond substituents is 1. The lowest BCUT2D eigenvalue weighted by Gasteiger charge is -2.23. The van der Waals surface area contributed by atoms with Gasteiger partial charge in [0.15, 0.2) is 0 Å². The van der Waals surface area contributed by atoms with E-state index in [4.69, 9.17) is 0 Å². The topological polar surface area (TPSA) is 61.4 Å². The summed E-state index contributed by atoms with van der Waals surface area (Å²) in [6.45, 7) is 10.1. The maximum Gasteiger partial charge on any atom is 0.237 e. The normalized spacial score (nSPS) is 13.1. The Morgan fingerprint density at radius 3 is 2.58 bits per heavy atom. The largest absolute Gasteiger partial charge is 0.508 e. The van der Waals surface area contributed by atoms with E-state index in [9.17, 15) is 9.90 Å². The molecule has 0 fully saturated rings. The summed E-state index contributed by atoms with van der Waals surface area (Å²) in [6, 6.07) is 5.14. The Hall–Kier alpha value is -1.55. The molecule has 19 heavy (non-hydrogen) atoms. The first-order valence-corrected chi connectivity index (χ1v) is 6.53. The first-order chi connectivity index (χ1) is 8.69. The van der Waals surface area contributed by atoms with Gasteiger partial charge in [0.1, 0.15) is 5.75 Å². The van der Waals surface area contributed by atoms with Crippen LogP contribution in [-0.2, 0) is 11.3 Å². The molecule has 4 nitrogen and oxygen atoms in total. The van der Waals surface area contributed by atoms with Gasteiger partial charge in [-0.2, -0.15) is 0 Å². The van der Waals surface area contributed by atoms with Crippen molar-refractivity contribution in [1.29, 1.82) is 0 Å². The lowest BCUT2D eigenvalue weighted by Crippen LogP contribution is -2.49. The molecule has 0 aliphatic carbocycles. The maximum atomic E-state index is 11.9. The minimum Gasteiger partial charge on any atom is -0.508 e. The van der Waals surface area contributed by atoms with Crippen molar-refractivity contribution in [2.45, 2.75) is 52.7 Å². The van der Waals surface area contributed by atoms with Crippen molar-refractivity contribution >= 4 is 5.91 Å². The third-order valence-corrected chi connectivity index (χ3v) is 2.73. The Morgan fingerprint density at radius 2 is 2.00 bits per heavy atom. The first-order valence-electron chi connectivity index (χ1n) is 6.53. The molecular formula is C15H24N2O2. The molecule has 4 heteroatoms. The molecule has 1 amide bonds. The van der Waals surface area contributed by atoms with Crippen LogP contribution in [-0.4, -0.2) is 22.6 Å². The number of carbonyl (C=O) groups is 1. The van der Waals surface area contributed by atoms with Gasteiger partial charge in [-0.1, -0.05) is 17.7 Å². The second-order valence-electron chi connectivity index (χ2n) is 5.97. The van der Waals surface area contributed by atoms with Crippen LogP contribution < -0.4 is 10.6 Å². The van der Waals surface area contributed by atoms with Crippen molar-refractivity contribution in [3.05, 3.63) is 29.3 Å². The molecule has 0 aromatic heterocycles. The maximum absolute atomic E-state index is 11.9. The van der Waals surface area contributed by atoms with Crippen molar-refractivity contribution in [3.8, 4) is 5.75 Å². The average molecular weight is 264 g/mol. The van der Waals surface area contributed by atoms with Gasteiger partial charge in [0.2, 0.25) is 5.91 Å². The van der Waals surface area contributed by atoms with Crippen molar-refractivity contribution in [2.24, 2.45) is 0 Å². The van der Waals surface area contributed by atoms with Gasteiger partial charge >= 0.3 is 0 Å². The number of aromatic hydroxyl groups is 1. The van der Waals surface area contributed by atoms with E-state index in [1.54, 1.807) is 6.07 Å². The van der Waals surface area contributed by atoms with Gasteiger partial charge < -0.3 is 15.7 Å². The van der Waals surface area contributed by atoms with Gasteiger partial charge in [0.25, 0.3) is 0 Å². The number of benzene rings is 1. The van der Waals surface area contributed by atoms with E-state index in [2.05, 4.69) is 10.6 Å². The highest BCUT2D eigenvalue weighted by atomic mass is 16.3. The van der Waals surface area contributed by atoms with Crippen LogP contribution in [0.25, 0.3) is 0 Å². The zero-order valence-electron chi connectivity index (χ0n) is 12.4. The fourth-order valence-electron chi connectivity index (χ4n) is 1.69. The molecule has 106 valence electrons. The van der Waals surface area contributed by atoms with E-state index in [1.807, 2.05) is 46.8 Å². The Bertz CT molecular complexity index is 450. The fraction of sp³-hybridized carbons (Fsp3) is 0.533. The molecule has 0 saturated carbocycles. The minimum atomic E-state index is -0.306. The zero-order chi connectivity index (χ0) is 14.6. The molecule has 0 radical (unpaired) electrons. The average Bonchev–Trinajstić information content (AvgIpc) is 2.27. The second kappa shape index (κ2) is 6.06. The van der Waals surface area contributed by atoms with E-state index in [0.29, 0.717) is 6.54 Å². The summed E-state index contributed by atoms with van der Waals surface area (Å²) in [6.07, 6.45) is 0. The summed E-state index contributed by atoms with van der Waals surface area (Å²) in [7, 11) is 0. The molecule has 1 atom stereocenters. The van der Waals surface area contributed by atoms with E-state index >= 15 is 0 Å². The molecule has 1 aromatic rings. The number of hydrogen-bond donors (Lipinski definition) is 3. The summed E-state index contributed by atoms with van der Waals surface area (Å²) in [4.78, 5) is 11.9. The monoisotopic (exact) mass is 264 g/mol. The number of aryl methyl sites for hydroxylation is 1. The zero-order valence-corrected chi connectivity index (χ0v) is 12.4. The smallest absolute Gasteiger partial charge is 0.237 e. The fourth-order valence-corrected chi connectivity index (χ4v) is 1.69. The molecule has 0 heterocycles. The Balaban J connectivity index is 2.56. The number of carbonyl (C=O) groups excluding carboxylic acids is 1. The van der Waals surface area contributed by atoms with E-state index in [-0.39, 0.29) is 23.2 Å². The summed E-state index contributed by atoms with van der Waals surface area (Å²) in [5.74, 6) is 0.209. The predicted molar refractivity (Wildman–Crippen MR) is 77.0 cm³/mol. The number of phenols is 1. The van der Waals surface area contributed by atoms with Crippen LogP contribution in [0.3, 0.4) is 0 Å². The Labute approximate surface area is 115 Å². The SMILES string of the molecule is Cc1ccc(O)c(CNC(C)C(=O)NC(C)(C)C)c1. The predicted octanol–water partition coefficient (Wildman–Crippen LogP) is 2.09. The molecule has 1 unspecified atom stereocenters. The highest BCUT2D eigenvalue weighted by Crippen LogP contribution is 2.17. The lowest BCUT2D eigenvalue weighted by atomic mass is 10.1.